The molecule has 0 radical (unpaired) electrons. The molecule has 0 bridgehead atoms. The van der Waals surface area contributed by atoms with Gasteiger partial charge in [-0.05, 0) is 60.7 Å². The molecular weight excluding hydrogens is 551 g/mol. The van der Waals surface area contributed by atoms with Crippen LogP contribution in [0.15, 0.2) is 53.4 Å². The van der Waals surface area contributed by atoms with Crippen LogP contribution in [0, 0.1) is 6.92 Å². The maximum atomic E-state index is 12.5. The third-order valence-electron chi connectivity index (χ3n) is 5.84. The van der Waals surface area contributed by atoms with E-state index >= 15 is 0 Å². The summed E-state index contributed by atoms with van der Waals surface area (Å²) in [5.41, 5.74) is 5.00. The minimum absolute atomic E-state index is 0.0643. The Labute approximate surface area is 229 Å². The van der Waals surface area contributed by atoms with Gasteiger partial charge in [0.05, 0.1) is 16.8 Å². The number of rotatable bonds is 9. The van der Waals surface area contributed by atoms with E-state index in [0.29, 0.717) is 33.2 Å². The van der Waals surface area contributed by atoms with E-state index in [4.69, 9.17) is 9.72 Å². The number of anilines is 1. The number of hydrogen-bond acceptors (Lipinski definition) is 9. The third-order valence-corrected chi connectivity index (χ3v) is 7.94. The number of hydrogen-bond donors (Lipinski definition) is 2. The van der Waals surface area contributed by atoms with E-state index in [9.17, 15) is 22.8 Å². The third kappa shape index (κ3) is 5.79. The van der Waals surface area contributed by atoms with Crippen molar-refractivity contribution in [3.8, 4) is 26.9 Å². The molecule has 0 atom stereocenters. The van der Waals surface area contributed by atoms with Gasteiger partial charge in [0, 0.05) is 23.1 Å². The van der Waals surface area contributed by atoms with Crippen molar-refractivity contribution in [2.24, 2.45) is 0 Å². The Morgan fingerprint density at radius 1 is 1.08 bits per heavy atom. The highest BCUT2D eigenvalue weighted by atomic mass is 32.1. The summed E-state index contributed by atoms with van der Waals surface area (Å²) >= 11 is 2.93. The molecule has 2 N–H and O–H groups in total. The Kier molecular flexibility index (Phi) is 7.38. The molecule has 8 nitrogen and oxygen atoms in total. The molecule has 3 aromatic heterocycles. The summed E-state index contributed by atoms with van der Waals surface area (Å²) in [5, 5.41) is 5.85. The number of imide groups is 1. The number of alkyl halides is 3. The van der Waals surface area contributed by atoms with Crippen molar-refractivity contribution in [2.75, 3.05) is 25.1 Å². The second-order valence-corrected chi connectivity index (χ2v) is 10.6. The minimum Gasteiger partial charge on any atom is -0.492 e. The lowest BCUT2D eigenvalue weighted by atomic mass is 10.1. The second kappa shape index (κ2) is 10.8. The van der Waals surface area contributed by atoms with Crippen LogP contribution in [0.25, 0.3) is 31.4 Å². The number of ether oxygens (including phenoxy) is 1. The summed E-state index contributed by atoms with van der Waals surface area (Å²) in [4.78, 5) is 36.8. The first-order valence-corrected chi connectivity index (χ1v) is 13.5. The van der Waals surface area contributed by atoms with Crippen LogP contribution in [-0.4, -0.2) is 52.7 Å². The number of carbonyl (C=O) groups excluding carboxylic acids is 2. The molecule has 4 heterocycles. The molecular formula is C26H22F3N5O3S2. The average molecular weight is 574 g/mol. The van der Waals surface area contributed by atoms with Gasteiger partial charge in [-0.15, -0.1) is 22.7 Å². The summed E-state index contributed by atoms with van der Waals surface area (Å²) in [6.45, 7) is 2.59. The van der Waals surface area contributed by atoms with Crippen molar-refractivity contribution in [3.05, 3.63) is 59.0 Å². The number of halogens is 3. The number of nitrogens with one attached hydrogen (secondary N) is 2. The monoisotopic (exact) mass is 573 g/mol. The fourth-order valence-electron chi connectivity index (χ4n) is 3.98. The summed E-state index contributed by atoms with van der Waals surface area (Å²) in [5.74, 6) is 0.433. The van der Waals surface area contributed by atoms with Gasteiger partial charge in [-0.2, -0.15) is 18.2 Å². The summed E-state index contributed by atoms with van der Waals surface area (Å²) in [6.07, 6.45) is -2.99. The normalized spacial score (nSPS) is 13.9. The van der Waals surface area contributed by atoms with Crippen molar-refractivity contribution < 1.29 is 27.5 Å². The van der Waals surface area contributed by atoms with Gasteiger partial charge in [-0.3, -0.25) is 15.0 Å². The Balaban J connectivity index is 1.42. The zero-order valence-electron chi connectivity index (χ0n) is 20.8. The van der Waals surface area contributed by atoms with Gasteiger partial charge >= 0.3 is 6.18 Å². The van der Waals surface area contributed by atoms with Gasteiger partial charge in [-0.1, -0.05) is 6.07 Å². The van der Waals surface area contributed by atoms with Gasteiger partial charge in [0.15, 0.2) is 11.6 Å². The van der Waals surface area contributed by atoms with Crippen molar-refractivity contribution in [3.63, 3.8) is 0 Å². The molecule has 0 unspecified atom stereocenters. The summed E-state index contributed by atoms with van der Waals surface area (Å²) in [7, 11) is 0. The molecule has 1 aliphatic rings. The number of carbonyl (C=O) groups is 2. The van der Waals surface area contributed by atoms with Gasteiger partial charge in [0.25, 0.3) is 11.8 Å². The molecule has 0 saturated carbocycles. The number of thiophene rings is 2. The topological polar surface area (TPSA) is 96.5 Å². The summed E-state index contributed by atoms with van der Waals surface area (Å²) in [6, 6.07) is 11.0. The molecule has 13 heteroatoms. The number of fused-ring (bicyclic) bond motifs is 1. The average Bonchev–Trinajstić information content (AvgIpc) is 3.60. The van der Waals surface area contributed by atoms with Crippen LogP contribution in [-0.2, 0) is 9.59 Å². The van der Waals surface area contributed by atoms with Crippen LogP contribution in [0.3, 0.4) is 0 Å². The Morgan fingerprint density at radius 2 is 1.85 bits per heavy atom. The number of benzene rings is 1. The molecule has 0 aliphatic carbocycles. The van der Waals surface area contributed by atoms with Crippen LogP contribution in [0.2, 0.25) is 0 Å². The molecule has 0 saturated heterocycles. The standard InChI is InChI=1S/C26H22F3N5O3S2/c1-14-12-19(35)34(25(14)36)33-23-20-15(2)21(39-24(20)32-22(31-23)18-4-3-11-38-18)16-5-7-17(8-6-16)37-10-9-30-13-26(27,28)29/h3-8,11-12,30H,9-10,13H2,1-2H3,(H,31,32,33). The van der Waals surface area contributed by atoms with Crippen LogP contribution < -0.4 is 15.5 Å². The first-order chi connectivity index (χ1) is 18.6. The van der Waals surface area contributed by atoms with E-state index in [1.807, 2.05) is 36.6 Å². The molecule has 2 amide bonds. The largest absolute Gasteiger partial charge is 0.492 e. The first-order valence-electron chi connectivity index (χ1n) is 11.8. The number of aryl methyl sites for hydroxylation is 1. The lowest BCUT2D eigenvalue weighted by Crippen LogP contribution is -2.36. The molecule has 0 fully saturated rings. The number of amides is 2. The van der Waals surface area contributed by atoms with E-state index in [2.05, 4.69) is 15.7 Å². The molecule has 4 aromatic rings. The Bertz CT molecular complexity index is 1560. The van der Waals surface area contributed by atoms with Gasteiger partial charge in [0.2, 0.25) is 0 Å². The zero-order chi connectivity index (χ0) is 27.7. The molecule has 39 heavy (non-hydrogen) atoms. The summed E-state index contributed by atoms with van der Waals surface area (Å²) < 4.78 is 42.3. The van der Waals surface area contributed by atoms with E-state index in [1.54, 1.807) is 19.1 Å². The first kappa shape index (κ1) is 26.8. The highest BCUT2D eigenvalue weighted by Crippen LogP contribution is 2.42. The van der Waals surface area contributed by atoms with Crippen LogP contribution >= 0.6 is 22.7 Å². The van der Waals surface area contributed by atoms with E-state index < -0.39 is 24.5 Å². The van der Waals surface area contributed by atoms with Crippen LogP contribution in [0.4, 0.5) is 19.0 Å². The number of nitrogens with zero attached hydrogens (tertiary/aromatic N) is 3. The van der Waals surface area contributed by atoms with Crippen molar-refractivity contribution in [1.82, 2.24) is 20.3 Å². The number of aromatic nitrogens is 2. The number of hydrazine groups is 1. The van der Waals surface area contributed by atoms with E-state index in [0.717, 1.165) is 25.9 Å². The zero-order valence-corrected chi connectivity index (χ0v) is 22.4. The highest BCUT2D eigenvalue weighted by Gasteiger charge is 2.30. The van der Waals surface area contributed by atoms with E-state index in [1.165, 1.54) is 28.7 Å². The molecule has 202 valence electrons. The molecule has 1 aromatic carbocycles. The Morgan fingerprint density at radius 3 is 2.49 bits per heavy atom. The molecule has 0 spiro atoms. The van der Waals surface area contributed by atoms with Crippen LogP contribution in [0.1, 0.15) is 12.5 Å². The molecule has 5 rings (SSSR count). The fourth-order valence-corrected chi connectivity index (χ4v) is 5.83. The minimum atomic E-state index is -4.26. The molecule has 1 aliphatic heterocycles. The SMILES string of the molecule is CC1=CC(=O)N(Nc2nc(-c3cccs3)nc3sc(-c4ccc(OCCNCC(F)(F)F)cc4)c(C)c23)C1=O. The Hall–Kier alpha value is -3.81. The van der Waals surface area contributed by atoms with Crippen molar-refractivity contribution >= 4 is 50.5 Å². The highest BCUT2D eigenvalue weighted by molar-refractivity contribution is 7.22. The maximum absolute atomic E-state index is 12.5. The van der Waals surface area contributed by atoms with Gasteiger partial charge in [-0.25, -0.2) is 9.97 Å². The predicted octanol–water partition coefficient (Wildman–Crippen LogP) is 5.57. The smallest absolute Gasteiger partial charge is 0.401 e. The van der Waals surface area contributed by atoms with Crippen LogP contribution in [0.5, 0.6) is 5.75 Å². The van der Waals surface area contributed by atoms with E-state index in [-0.39, 0.29) is 13.2 Å². The second-order valence-electron chi connectivity index (χ2n) is 8.69. The van der Waals surface area contributed by atoms with Gasteiger partial charge in [0.1, 0.15) is 17.2 Å². The predicted molar refractivity (Wildman–Crippen MR) is 145 cm³/mol. The maximum Gasteiger partial charge on any atom is 0.401 e. The van der Waals surface area contributed by atoms with Crippen molar-refractivity contribution in [2.45, 2.75) is 20.0 Å². The lowest BCUT2D eigenvalue weighted by molar-refractivity contribution is -0.135. The van der Waals surface area contributed by atoms with Gasteiger partial charge < -0.3 is 10.1 Å². The quantitative estimate of drug-likeness (QED) is 0.200. The van der Waals surface area contributed by atoms with Crippen molar-refractivity contribution in [1.29, 1.82) is 0 Å². The fraction of sp³-hybridized carbons (Fsp3) is 0.231. The lowest BCUT2D eigenvalue weighted by Gasteiger charge is -2.17.